The molecule has 0 spiro atoms. The molecule has 0 aromatic heterocycles. The topological polar surface area (TPSA) is 38.3 Å². The summed E-state index contributed by atoms with van der Waals surface area (Å²) in [5, 5.41) is 3.21. The molecule has 0 bridgehead atoms. The van der Waals surface area contributed by atoms with Crippen LogP contribution < -0.4 is 10.1 Å². The smallest absolute Gasteiger partial charge is 0.251 e. The van der Waals surface area contributed by atoms with Gasteiger partial charge in [0, 0.05) is 10.6 Å². The van der Waals surface area contributed by atoms with Gasteiger partial charge in [0.25, 0.3) is 5.91 Å². The maximum Gasteiger partial charge on any atom is 0.251 e. The summed E-state index contributed by atoms with van der Waals surface area (Å²) < 4.78 is 31.3. The standard InChI is InChI=1S/C16H14ClF2NO2/c1-10-8-12(3-4-13(10)17)22-7-6-20-16(21)11-2-5-14(18)15(19)9-11/h2-5,8-9H,6-7H2,1H3,(H,20,21). The Labute approximate surface area is 131 Å². The van der Waals surface area contributed by atoms with Crippen LogP contribution in [-0.4, -0.2) is 19.1 Å². The lowest BCUT2D eigenvalue weighted by atomic mass is 10.2. The Bertz CT molecular complexity index is 692. The number of halogens is 3. The van der Waals surface area contributed by atoms with Crippen molar-refractivity contribution >= 4 is 17.5 Å². The van der Waals surface area contributed by atoms with E-state index in [1.807, 2.05) is 6.92 Å². The minimum atomic E-state index is -1.06. The van der Waals surface area contributed by atoms with Crippen LogP contribution in [0.2, 0.25) is 5.02 Å². The van der Waals surface area contributed by atoms with Gasteiger partial charge in [-0.3, -0.25) is 4.79 Å². The Morgan fingerprint density at radius 2 is 1.95 bits per heavy atom. The second-order valence-corrected chi connectivity index (χ2v) is 5.05. The van der Waals surface area contributed by atoms with E-state index in [0.717, 1.165) is 17.7 Å². The first-order valence-corrected chi connectivity index (χ1v) is 6.97. The molecule has 2 aromatic carbocycles. The van der Waals surface area contributed by atoms with Gasteiger partial charge in [-0.2, -0.15) is 0 Å². The molecule has 0 fully saturated rings. The van der Waals surface area contributed by atoms with Crippen molar-refractivity contribution in [3.8, 4) is 5.75 Å². The van der Waals surface area contributed by atoms with Gasteiger partial charge in [0.2, 0.25) is 0 Å². The molecular weight excluding hydrogens is 312 g/mol. The van der Waals surface area contributed by atoms with Gasteiger partial charge in [0.1, 0.15) is 12.4 Å². The van der Waals surface area contributed by atoms with Crippen molar-refractivity contribution in [3.05, 3.63) is 64.2 Å². The van der Waals surface area contributed by atoms with Gasteiger partial charge in [-0.05, 0) is 48.9 Å². The number of rotatable bonds is 5. The fourth-order valence-electron chi connectivity index (χ4n) is 1.78. The molecule has 0 atom stereocenters. The van der Waals surface area contributed by atoms with E-state index in [-0.39, 0.29) is 18.7 Å². The normalized spacial score (nSPS) is 10.4. The summed E-state index contributed by atoms with van der Waals surface area (Å²) >= 11 is 5.91. The molecular formula is C16H14ClF2NO2. The van der Waals surface area contributed by atoms with Crippen LogP contribution in [0.4, 0.5) is 8.78 Å². The summed E-state index contributed by atoms with van der Waals surface area (Å²) in [6.45, 7) is 2.34. The number of aryl methyl sites for hydroxylation is 1. The van der Waals surface area contributed by atoms with Crippen LogP contribution in [0.1, 0.15) is 15.9 Å². The van der Waals surface area contributed by atoms with Crippen LogP contribution in [0.15, 0.2) is 36.4 Å². The lowest BCUT2D eigenvalue weighted by Crippen LogP contribution is -2.28. The zero-order chi connectivity index (χ0) is 16.1. The van der Waals surface area contributed by atoms with Gasteiger partial charge in [-0.15, -0.1) is 0 Å². The Morgan fingerprint density at radius 1 is 1.18 bits per heavy atom. The molecule has 3 nitrogen and oxygen atoms in total. The largest absolute Gasteiger partial charge is 0.492 e. The molecule has 0 heterocycles. The van der Waals surface area contributed by atoms with Crippen molar-refractivity contribution in [1.29, 1.82) is 0 Å². The maximum atomic E-state index is 13.0. The highest BCUT2D eigenvalue weighted by atomic mass is 35.5. The van der Waals surface area contributed by atoms with E-state index in [2.05, 4.69) is 5.32 Å². The second kappa shape index (κ2) is 7.22. The van der Waals surface area contributed by atoms with Gasteiger partial charge < -0.3 is 10.1 Å². The van der Waals surface area contributed by atoms with Gasteiger partial charge >= 0.3 is 0 Å². The molecule has 0 saturated carbocycles. The summed E-state index contributed by atoms with van der Waals surface area (Å²) in [5.74, 6) is -1.89. The number of carbonyl (C=O) groups is 1. The summed E-state index contributed by atoms with van der Waals surface area (Å²) in [5.41, 5.74) is 0.950. The molecule has 0 unspecified atom stereocenters. The molecule has 0 aliphatic carbocycles. The highest BCUT2D eigenvalue weighted by Gasteiger charge is 2.09. The van der Waals surface area contributed by atoms with Gasteiger partial charge in [0.05, 0.1) is 6.54 Å². The predicted molar refractivity (Wildman–Crippen MR) is 80.4 cm³/mol. The molecule has 2 rings (SSSR count). The summed E-state index contributed by atoms with van der Waals surface area (Å²) in [6.07, 6.45) is 0. The summed E-state index contributed by atoms with van der Waals surface area (Å²) in [4.78, 5) is 11.7. The Balaban J connectivity index is 1.81. The van der Waals surface area contributed by atoms with E-state index in [4.69, 9.17) is 16.3 Å². The number of ether oxygens (including phenoxy) is 1. The average Bonchev–Trinajstić information content (AvgIpc) is 2.49. The van der Waals surface area contributed by atoms with E-state index in [0.29, 0.717) is 10.8 Å². The first kappa shape index (κ1) is 16.2. The van der Waals surface area contributed by atoms with Crippen molar-refractivity contribution in [2.24, 2.45) is 0 Å². The predicted octanol–water partition coefficient (Wildman–Crippen LogP) is 3.74. The highest BCUT2D eigenvalue weighted by molar-refractivity contribution is 6.31. The van der Waals surface area contributed by atoms with Crippen molar-refractivity contribution in [2.45, 2.75) is 6.92 Å². The Kier molecular flexibility index (Phi) is 5.33. The van der Waals surface area contributed by atoms with Gasteiger partial charge in [0.15, 0.2) is 11.6 Å². The van der Waals surface area contributed by atoms with Gasteiger partial charge in [-0.1, -0.05) is 11.6 Å². The molecule has 22 heavy (non-hydrogen) atoms. The summed E-state index contributed by atoms with van der Waals surface area (Å²) in [7, 11) is 0. The number of amides is 1. The summed E-state index contributed by atoms with van der Waals surface area (Å²) in [6, 6.07) is 8.24. The minimum Gasteiger partial charge on any atom is -0.492 e. The zero-order valence-electron chi connectivity index (χ0n) is 11.8. The monoisotopic (exact) mass is 325 g/mol. The third kappa shape index (κ3) is 4.18. The minimum absolute atomic E-state index is 0.0567. The Hall–Kier alpha value is -2.14. The van der Waals surface area contributed by atoms with Crippen molar-refractivity contribution in [1.82, 2.24) is 5.32 Å². The quantitative estimate of drug-likeness (QED) is 0.851. The fraction of sp³-hybridized carbons (Fsp3) is 0.188. The average molecular weight is 326 g/mol. The first-order valence-electron chi connectivity index (χ1n) is 6.59. The van der Waals surface area contributed by atoms with Crippen LogP contribution >= 0.6 is 11.6 Å². The molecule has 0 radical (unpaired) electrons. The maximum absolute atomic E-state index is 13.0. The fourth-order valence-corrected chi connectivity index (χ4v) is 1.90. The molecule has 1 amide bonds. The van der Waals surface area contributed by atoms with Crippen molar-refractivity contribution in [3.63, 3.8) is 0 Å². The first-order chi connectivity index (χ1) is 10.5. The number of hydrogen-bond donors (Lipinski definition) is 1. The number of hydrogen-bond acceptors (Lipinski definition) is 2. The molecule has 0 aliphatic heterocycles. The molecule has 116 valence electrons. The SMILES string of the molecule is Cc1cc(OCCNC(=O)c2ccc(F)c(F)c2)ccc1Cl. The van der Waals surface area contributed by atoms with E-state index in [9.17, 15) is 13.6 Å². The zero-order valence-corrected chi connectivity index (χ0v) is 12.6. The van der Waals surface area contributed by atoms with Crippen molar-refractivity contribution in [2.75, 3.05) is 13.2 Å². The number of carbonyl (C=O) groups excluding carboxylic acids is 1. The highest BCUT2D eigenvalue weighted by Crippen LogP contribution is 2.20. The van der Waals surface area contributed by atoms with Crippen LogP contribution in [0.3, 0.4) is 0 Å². The molecule has 1 N–H and O–H groups in total. The van der Waals surface area contributed by atoms with E-state index in [1.165, 1.54) is 6.07 Å². The lowest BCUT2D eigenvalue weighted by Gasteiger charge is -2.09. The molecule has 0 saturated heterocycles. The number of benzene rings is 2. The van der Waals surface area contributed by atoms with Crippen LogP contribution in [0.5, 0.6) is 5.75 Å². The van der Waals surface area contributed by atoms with Crippen molar-refractivity contribution < 1.29 is 18.3 Å². The molecule has 2 aromatic rings. The Morgan fingerprint density at radius 3 is 2.64 bits per heavy atom. The van der Waals surface area contributed by atoms with E-state index >= 15 is 0 Å². The lowest BCUT2D eigenvalue weighted by molar-refractivity contribution is 0.0946. The number of nitrogens with one attached hydrogen (secondary N) is 1. The van der Waals surface area contributed by atoms with Crippen LogP contribution in [0.25, 0.3) is 0 Å². The third-order valence-electron chi connectivity index (χ3n) is 2.97. The third-order valence-corrected chi connectivity index (χ3v) is 3.39. The van der Waals surface area contributed by atoms with Crippen LogP contribution in [-0.2, 0) is 0 Å². The molecule has 0 aliphatic rings. The van der Waals surface area contributed by atoms with Crippen LogP contribution in [0, 0.1) is 18.6 Å². The second-order valence-electron chi connectivity index (χ2n) is 4.64. The molecule has 6 heteroatoms. The van der Waals surface area contributed by atoms with Gasteiger partial charge in [-0.25, -0.2) is 8.78 Å². The van der Waals surface area contributed by atoms with E-state index < -0.39 is 17.5 Å². The van der Waals surface area contributed by atoms with E-state index in [1.54, 1.807) is 18.2 Å².